The van der Waals surface area contributed by atoms with Gasteiger partial charge in [0.2, 0.25) is 0 Å². The summed E-state index contributed by atoms with van der Waals surface area (Å²) in [6, 6.07) is 0. The van der Waals surface area contributed by atoms with Crippen molar-refractivity contribution >= 4 is 15.9 Å². The second kappa shape index (κ2) is 4.05. The highest BCUT2D eigenvalue weighted by Gasteiger charge is 2.55. The summed E-state index contributed by atoms with van der Waals surface area (Å²) in [6.45, 7) is 0. The van der Waals surface area contributed by atoms with Crippen molar-refractivity contribution in [1.82, 2.24) is 0 Å². The molecule has 3 aliphatic carbocycles. The summed E-state index contributed by atoms with van der Waals surface area (Å²) >= 11 is 3.84. The third-order valence-electron chi connectivity index (χ3n) is 5.39. The Morgan fingerprint density at radius 3 is 2.07 bits per heavy atom. The molecule has 86 valence electrons. The quantitative estimate of drug-likeness (QED) is 0.501. The van der Waals surface area contributed by atoms with Crippen LogP contribution in [0.2, 0.25) is 0 Å². The van der Waals surface area contributed by atoms with Gasteiger partial charge in [-0.15, -0.1) is 0 Å². The highest BCUT2D eigenvalue weighted by atomic mass is 79.9. The van der Waals surface area contributed by atoms with Crippen molar-refractivity contribution in [3.63, 3.8) is 0 Å². The molecule has 0 bridgehead atoms. The standard InChI is InChI=1S/C14H23Br/c15-10-14(8-11-7-12(11)9-14)13-5-3-1-2-4-6-13/h11-13H,1-10H2. The molecule has 0 amide bonds. The zero-order valence-electron chi connectivity index (χ0n) is 9.68. The topological polar surface area (TPSA) is 0 Å². The second-order valence-electron chi connectivity index (χ2n) is 6.35. The molecule has 2 atom stereocenters. The molecule has 0 spiro atoms. The van der Waals surface area contributed by atoms with Crippen LogP contribution in [0.5, 0.6) is 0 Å². The number of hydrogen-bond acceptors (Lipinski definition) is 0. The molecule has 0 saturated heterocycles. The molecule has 0 radical (unpaired) electrons. The Bertz CT molecular complexity index is 217. The molecule has 3 rings (SSSR count). The fourth-order valence-electron chi connectivity index (χ4n) is 4.38. The van der Waals surface area contributed by atoms with Crippen LogP contribution in [0.3, 0.4) is 0 Å². The van der Waals surface area contributed by atoms with Gasteiger partial charge in [-0.1, -0.05) is 41.6 Å². The minimum Gasteiger partial charge on any atom is -0.0922 e. The van der Waals surface area contributed by atoms with Gasteiger partial charge in [0, 0.05) is 5.33 Å². The smallest absolute Gasteiger partial charge is 0.00908 e. The van der Waals surface area contributed by atoms with Gasteiger partial charge in [0.25, 0.3) is 0 Å². The van der Waals surface area contributed by atoms with Gasteiger partial charge in [-0.25, -0.2) is 0 Å². The summed E-state index contributed by atoms with van der Waals surface area (Å²) in [5.41, 5.74) is 0.734. The third kappa shape index (κ3) is 1.90. The molecule has 1 heteroatoms. The van der Waals surface area contributed by atoms with E-state index >= 15 is 0 Å². The Hall–Kier alpha value is 0.480. The first kappa shape index (κ1) is 10.6. The van der Waals surface area contributed by atoms with Gasteiger partial charge in [-0.2, -0.15) is 0 Å². The van der Waals surface area contributed by atoms with Crippen LogP contribution in [-0.4, -0.2) is 5.33 Å². The van der Waals surface area contributed by atoms with Gasteiger partial charge in [-0.3, -0.25) is 0 Å². The Morgan fingerprint density at radius 1 is 0.933 bits per heavy atom. The second-order valence-corrected chi connectivity index (χ2v) is 6.91. The summed E-state index contributed by atoms with van der Waals surface area (Å²) in [5, 5.41) is 1.29. The first-order chi connectivity index (χ1) is 7.34. The Morgan fingerprint density at radius 2 is 1.53 bits per heavy atom. The monoisotopic (exact) mass is 270 g/mol. The first-order valence-corrected chi connectivity index (χ1v) is 8.02. The van der Waals surface area contributed by atoms with Crippen LogP contribution < -0.4 is 0 Å². The van der Waals surface area contributed by atoms with Crippen molar-refractivity contribution in [1.29, 1.82) is 0 Å². The van der Waals surface area contributed by atoms with Crippen molar-refractivity contribution in [2.24, 2.45) is 23.2 Å². The van der Waals surface area contributed by atoms with Crippen molar-refractivity contribution in [2.45, 2.75) is 57.8 Å². The molecule has 15 heavy (non-hydrogen) atoms. The summed E-state index contributed by atoms with van der Waals surface area (Å²) in [7, 11) is 0. The fraction of sp³-hybridized carbons (Fsp3) is 1.00. The maximum atomic E-state index is 3.84. The molecule has 3 fully saturated rings. The summed E-state index contributed by atoms with van der Waals surface area (Å²) in [6.07, 6.45) is 13.8. The van der Waals surface area contributed by atoms with Crippen LogP contribution in [-0.2, 0) is 0 Å². The van der Waals surface area contributed by atoms with Gasteiger partial charge < -0.3 is 0 Å². The maximum absolute atomic E-state index is 3.84. The molecule has 0 nitrogen and oxygen atoms in total. The first-order valence-electron chi connectivity index (χ1n) is 6.90. The number of halogens is 1. The van der Waals surface area contributed by atoms with E-state index < -0.39 is 0 Å². The maximum Gasteiger partial charge on any atom is 0.00908 e. The predicted molar refractivity (Wildman–Crippen MR) is 68.3 cm³/mol. The molecule has 0 heterocycles. The summed E-state index contributed by atoms with van der Waals surface area (Å²) in [5.74, 6) is 3.35. The normalized spacial score (nSPS) is 46.2. The van der Waals surface area contributed by atoms with Gasteiger partial charge in [0.15, 0.2) is 0 Å². The van der Waals surface area contributed by atoms with Gasteiger partial charge in [-0.05, 0) is 55.3 Å². The lowest BCUT2D eigenvalue weighted by Crippen LogP contribution is -2.30. The Balaban J connectivity index is 1.71. The number of rotatable bonds is 2. The van der Waals surface area contributed by atoms with E-state index in [2.05, 4.69) is 15.9 Å². The average molecular weight is 271 g/mol. The van der Waals surface area contributed by atoms with Crippen LogP contribution >= 0.6 is 15.9 Å². The number of alkyl halides is 1. The van der Waals surface area contributed by atoms with E-state index in [1.165, 1.54) is 43.9 Å². The molecule has 0 aliphatic heterocycles. The molecule has 0 aromatic heterocycles. The lowest BCUT2D eigenvalue weighted by atomic mass is 9.70. The van der Waals surface area contributed by atoms with Crippen LogP contribution in [0.25, 0.3) is 0 Å². The lowest BCUT2D eigenvalue weighted by molar-refractivity contribution is 0.160. The Kier molecular flexibility index (Phi) is 2.87. The molecule has 0 aromatic carbocycles. The zero-order chi connectivity index (χ0) is 10.3. The highest BCUT2D eigenvalue weighted by Crippen LogP contribution is 2.64. The lowest BCUT2D eigenvalue weighted by Gasteiger charge is -2.37. The SMILES string of the molecule is BrCC1(C2CCCCCC2)CC2CC2C1. The molecule has 0 N–H and O–H groups in total. The van der Waals surface area contributed by atoms with Crippen LogP contribution in [0.15, 0.2) is 0 Å². The molecular weight excluding hydrogens is 248 g/mol. The highest BCUT2D eigenvalue weighted by molar-refractivity contribution is 9.09. The van der Waals surface area contributed by atoms with Gasteiger partial charge in [0.1, 0.15) is 0 Å². The zero-order valence-corrected chi connectivity index (χ0v) is 11.3. The molecule has 3 aliphatic rings. The molecule has 2 unspecified atom stereocenters. The van der Waals surface area contributed by atoms with Crippen molar-refractivity contribution in [3.8, 4) is 0 Å². The van der Waals surface area contributed by atoms with E-state index in [-0.39, 0.29) is 0 Å². The van der Waals surface area contributed by atoms with E-state index in [1.807, 2.05) is 0 Å². The molecule has 0 aromatic rings. The van der Waals surface area contributed by atoms with E-state index in [1.54, 1.807) is 19.3 Å². The van der Waals surface area contributed by atoms with Gasteiger partial charge >= 0.3 is 0 Å². The van der Waals surface area contributed by atoms with Crippen molar-refractivity contribution in [3.05, 3.63) is 0 Å². The van der Waals surface area contributed by atoms with Crippen molar-refractivity contribution in [2.75, 3.05) is 5.33 Å². The largest absolute Gasteiger partial charge is 0.0922 e. The minimum absolute atomic E-state index is 0.734. The van der Waals surface area contributed by atoms with Gasteiger partial charge in [0.05, 0.1) is 0 Å². The molecule has 3 saturated carbocycles. The van der Waals surface area contributed by atoms with Crippen LogP contribution in [0.1, 0.15) is 57.8 Å². The Labute approximate surface area is 102 Å². The number of hydrogen-bond donors (Lipinski definition) is 0. The third-order valence-corrected chi connectivity index (χ3v) is 6.51. The summed E-state index contributed by atoms with van der Waals surface area (Å²) < 4.78 is 0. The number of fused-ring (bicyclic) bond motifs is 1. The van der Waals surface area contributed by atoms with Crippen LogP contribution in [0, 0.1) is 23.2 Å². The predicted octanol–water partition coefficient (Wildman–Crippen LogP) is 4.77. The van der Waals surface area contributed by atoms with Crippen LogP contribution in [0.4, 0.5) is 0 Å². The van der Waals surface area contributed by atoms with Crippen molar-refractivity contribution < 1.29 is 0 Å². The fourth-order valence-corrected chi connectivity index (χ4v) is 5.30. The van der Waals surface area contributed by atoms with E-state index in [9.17, 15) is 0 Å². The summed E-state index contributed by atoms with van der Waals surface area (Å²) in [4.78, 5) is 0. The molecular formula is C14H23Br. The van der Waals surface area contributed by atoms with E-state index in [4.69, 9.17) is 0 Å². The average Bonchev–Trinajstić information content (AvgIpc) is 2.97. The van der Waals surface area contributed by atoms with E-state index in [0.717, 1.165) is 23.2 Å². The minimum atomic E-state index is 0.734. The van der Waals surface area contributed by atoms with E-state index in [0.29, 0.717) is 0 Å².